The molecule has 0 bridgehead atoms. The molecule has 2 aromatic rings. The van der Waals surface area contributed by atoms with Gasteiger partial charge in [0.15, 0.2) is 0 Å². The van der Waals surface area contributed by atoms with E-state index in [-0.39, 0.29) is 4.91 Å². The normalized spacial score (nSPS) is 16.1. The van der Waals surface area contributed by atoms with Crippen molar-refractivity contribution in [2.75, 3.05) is 7.11 Å². The highest BCUT2D eigenvalue weighted by molar-refractivity contribution is 14.1. The van der Waals surface area contributed by atoms with E-state index >= 15 is 0 Å². The zero-order chi connectivity index (χ0) is 21.8. The third-order valence-electron chi connectivity index (χ3n) is 4.35. The minimum absolute atomic E-state index is 0.247. The number of carbonyl (C=O) groups is 3. The van der Waals surface area contributed by atoms with Gasteiger partial charge in [-0.3, -0.25) is 14.5 Å². The van der Waals surface area contributed by atoms with Gasteiger partial charge in [0.25, 0.3) is 11.1 Å². The van der Waals surface area contributed by atoms with Gasteiger partial charge in [0.2, 0.25) is 0 Å². The molecule has 0 aromatic heterocycles. The molecule has 30 heavy (non-hydrogen) atoms. The zero-order valence-electron chi connectivity index (χ0n) is 16.1. The standard InChI is InChI=1S/C21H17ClINO5S/c1-12(20(26)28-2)24-19(25)18(30-21(24)27)10-13-7-8-17(16(23)9-13)29-11-14-5-3-4-6-15(14)22/h3-10,12H,11H2,1-2H3/b18-10+/t12-/m1/s1. The molecule has 0 aliphatic carbocycles. The lowest BCUT2D eigenvalue weighted by Gasteiger charge is -2.18. The van der Waals surface area contributed by atoms with Crippen molar-refractivity contribution in [2.45, 2.75) is 19.6 Å². The molecule has 1 aliphatic heterocycles. The maximum absolute atomic E-state index is 12.6. The molecular formula is C21H17ClINO5S. The molecule has 1 aliphatic rings. The molecule has 3 rings (SSSR count). The molecule has 0 saturated carbocycles. The topological polar surface area (TPSA) is 72.9 Å². The zero-order valence-corrected chi connectivity index (χ0v) is 19.8. The summed E-state index contributed by atoms with van der Waals surface area (Å²) in [6, 6.07) is 11.9. The van der Waals surface area contributed by atoms with Crippen LogP contribution in [0.15, 0.2) is 47.4 Å². The van der Waals surface area contributed by atoms with Crippen molar-refractivity contribution in [1.29, 1.82) is 0 Å². The Morgan fingerprint density at radius 1 is 1.27 bits per heavy atom. The quantitative estimate of drug-likeness (QED) is 0.279. The lowest BCUT2D eigenvalue weighted by Crippen LogP contribution is -2.42. The highest BCUT2D eigenvalue weighted by Crippen LogP contribution is 2.34. The van der Waals surface area contributed by atoms with Crippen molar-refractivity contribution >= 4 is 69.1 Å². The second-order valence-electron chi connectivity index (χ2n) is 6.32. The monoisotopic (exact) mass is 557 g/mol. The molecule has 0 radical (unpaired) electrons. The summed E-state index contributed by atoms with van der Waals surface area (Å²) in [5.74, 6) is -0.481. The van der Waals surface area contributed by atoms with Crippen LogP contribution in [0.4, 0.5) is 4.79 Å². The van der Waals surface area contributed by atoms with Gasteiger partial charge >= 0.3 is 5.97 Å². The van der Waals surface area contributed by atoms with Gasteiger partial charge in [-0.05, 0) is 71.1 Å². The number of methoxy groups -OCH3 is 1. The van der Waals surface area contributed by atoms with Crippen LogP contribution in [0.3, 0.4) is 0 Å². The Balaban J connectivity index is 1.74. The van der Waals surface area contributed by atoms with Crippen molar-refractivity contribution in [3.05, 3.63) is 67.1 Å². The van der Waals surface area contributed by atoms with Crippen LogP contribution in [-0.4, -0.2) is 35.2 Å². The van der Waals surface area contributed by atoms with Gasteiger partial charge in [-0.2, -0.15) is 0 Å². The molecule has 0 N–H and O–H groups in total. The highest BCUT2D eigenvalue weighted by Gasteiger charge is 2.41. The lowest BCUT2D eigenvalue weighted by atomic mass is 10.2. The average molecular weight is 558 g/mol. The van der Waals surface area contributed by atoms with E-state index < -0.39 is 23.2 Å². The number of amides is 2. The summed E-state index contributed by atoms with van der Waals surface area (Å²) in [5, 5.41) is 0.138. The molecule has 1 atom stereocenters. The first kappa shape index (κ1) is 22.6. The van der Waals surface area contributed by atoms with Gasteiger partial charge < -0.3 is 9.47 Å². The number of carbonyl (C=O) groups excluding carboxylic acids is 3. The second-order valence-corrected chi connectivity index (χ2v) is 8.88. The third kappa shape index (κ3) is 4.98. The molecule has 156 valence electrons. The molecule has 2 aromatic carbocycles. The maximum Gasteiger partial charge on any atom is 0.328 e. The Labute approximate surface area is 196 Å². The summed E-state index contributed by atoms with van der Waals surface area (Å²) in [6.45, 7) is 1.79. The summed E-state index contributed by atoms with van der Waals surface area (Å²) in [5.41, 5.74) is 1.62. The smallest absolute Gasteiger partial charge is 0.328 e. The Hall–Kier alpha value is -2.04. The SMILES string of the molecule is COC(=O)[C@@H](C)N1C(=O)S/C(=C/c2ccc(OCc3ccccc3Cl)c(I)c2)C1=O. The summed E-state index contributed by atoms with van der Waals surface area (Å²) in [4.78, 5) is 37.7. The number of hydrogen-bond acceptors (Lipinski definition) is 6. The minimum Gasteiger partial charge on any atom is -0.488 e. The van der Waals surface area contributed by atoms with Crippen molar-refractivity contribution in [1.82, 2.24) is 4.90 Å². The fourth-order valence-electron chi connectivity index (χ4n) is 2.74. The number of ether oxygens (including phenoxy) is 2. The van der Waals surface area contributed by atoms with Crippen molar-refractivity contribution in [2.24, 2.45) is 0 Å². The van der Waals surface area contributed by atoms with Crippen LogP contribution >= 0.6 is 46.0 Å². The van der Waals surface area contributed by atoms with Crippen molar-refractivity contribution in [3.63, 3.8) is 0 Å². The number of esters is 1. The largest absolute Gasteiger partial charge is 0.488 e. The van der Waals surface area contributed by atoms with Crippen LogP contribution in [0.5, 0.6) is 5.75 Å². The number of hydrogen-bond donors (Lipinski definition) is 0. The number of rotatable bonds is 6. The summed E-state index contributed by atoms with van der Waals surface area (Å²) >= 11 is 9.09. The van der Waals surface area contributed by atoms with E-state index in [0.717, 1.165) is 31.4 Å². The fourth-order valence-corrected chi connectivity index (χ4v) is 4.53. The first-order valence-corrected chi connectivity index (χ1v) is 11.1. The molecule has 1 heterocycles. The Morgan fingerprint density at radius 3 is 2.67 bits per heavy atom. The minimum atomic E-state index is -0.978. The Kier molecular flexibility index (Phi) is 7.43. The number of imide groups is 1. The van der Waals surface area contributed by atoms with Crippen LogP contribution in [0.1, 0.15) is 18.1 Å². The molecule has 0 spiro atoms. The third-order valence-corrected chi connectivity index (χ3v) is 6.44. The molecule has 1 fully saturated rings. The van der Waals surface area contributed by atoms with E-state index in [9.17, 15) is 14.4 Å². The molecule has 1 saturated heterocycles. The average Bonchev–Trinajstić information content (AvgIpc) is 3.00. The van der Waals surface area contributed by atoms with E-state index in [2.05, 4.69) is 27.3 Å². The van der Waals surface area contributed by atoms with Crippen molar-refractivity contribution < 1.29 is 23.9 Å². The van der Waals surface area contributed by atoms with Crippen LogP contribution in [0, 0.1) is 3.57 Å². The maximum atomic E-state index is 12.6. The number of benzene rings is 2. The van der Waals surface area contributed by atoms with E-state index in [1.807, 2.05) is 30.3 Å². The van der Waals surface area contributed by atoms with Crippen LogP contribution in [0.25, 0.3) is 6.08 Å². The number of halogens is 2. The number of thioether (sulfide) groups is 1. The lowest BCUT2D eigenvalue weighted by molar-refractivity contribution is -0.148. The van der Waals surface area contributed by atoms with E-state index in [4.69, 9.17) is 16.3 Å². The molecule has 2 amide bonds. The molecular weight excluding hydrogens is 541 g/mol. The van der Waals surface area contributed by atoms with E-state index in [1.165, 1.54) is 14.0 Å². The van der Waals surface area contributed by atoms with Crippen molar-refractivity contribution in [3.8, 4) is 5.75 Å². The highest BCUT2D eigenvalue weighted by atomic mass is 127. The van der Waals surface area contributed by atoms with Gasteiger partial charge in [0.1, 0.15) is 18.4 Å². The van der Waals surface area contributed by atoms with Crippen LogP contribution < -0.4 is 4.74 Å². The Morgan fingerprint density at radius 2 is 2.00 bits per heavy atom. The van der Waals surface area contributed by atoms with Gasteiger partial charge in [-0.1, -0.05) is 35.9 Å². The fraction of sp³-hybridized carbons (Fsp3) is 0.190. The molecule has 6 nitrogen and oxygen atoms in total. The molecule has 9 heteroatoms. The van der Waals surface area contributed by atoms with E-state index in [1.54, 1.807) is 18.2 Å². The number of nitrogens with zero attached hydrogens (tertiary/aromatic N) is 1. The second kappa shape index (κ2) is 9.84. The van der Waals surface area contributed by atoms with Crippen LogP contribution in [0.2, 0.25) is 5.02 Å². The summed E-state index contributed by atoms with van der Waals surface area (Å²) in [7, 11) is 1.21. The van der Waals surface area contributed by atoms with Gasteiger partial charge in [0.05, 0.1) is 15.6 Å². The predicted octanol–water partition coefficient (Wildman–Crippen LogP) is 5.12. The van der Waals surface area contributed by atoms with Gasteiger partial charge in [-0.15, -0.1) is 0 Å². The Bertz CT molecular complexity index is 1040. The first-order valence-electron chi connectivity index (χ1n) is 8.82. The van der Waals surface area contributed by atoms with Crippen LogP contribution in [-0.2, 0) is 20.9 Å². The van der Waals surface area contributed by atoms with E-state index in [0.29, 0.717) is 17.4 Å². The van der Waals surface area contributed by atoms with Gasteiger partial charge in [-0.25, -0.2) is 4.79 Å². The predicted molar refractivity (Wildman–Crippen MR) is 124 cm³/mol. The summed E-state index contributed by atoms with van der Waals surface area (Å²) < 4.78 is 11.3. The molecule has 0 unspecified atom stereocenters. The summed E-state index contributed by atoms with van der Waals surface area (Å²) in [6.07, 6.45) is 1.62. The first-order chi connectivity index (χ1) is 14.3. The van der Waals surface area contributed by atoms with Gasteiger partial charge in [0, 0.05) is 10.6 Å².